The number of nitrogens with one attached hydrogen (secondary N) is 2. The minimum absolute atomic E-state index is 0.0336. The summed E-state index contributed by atoms with van der Waals surface area (Å²) in [6, 6.07) is 16.0. The van der Waals surface area contributed by atoms with Crippen LogP contribution in [0.1, 0.15) is 55.2 Å². The molecular weight excluding hydrogens is 520 g/mol. The molecule has 0 aliphatic carbocycles. The molecule has 0 bridgehead atoms. The molecule has 0 aliphatic heterocycles. The van der Waals surface area contributed by atoms with E-state index in [1.807, 2.05) is 61.5 Å². The van der Waals surface area contributed by atoms with Gasteiger partial charge in [-0.05, 0) is 62.2 Å². The lowest BCUT2D eigenvalue weighted by atomic mass is 9.96. The van der Waals surface area contributed by atoms with Crippen molar-refractivity contribution in [2.24, 2.45) is 5.92 Å². The van der Waals surface area contributed by atoms with Gasteiger partial charge >= 0.3 is 0 Å². The summed E-state index contributed by atoms with van der Waals surface area (Å²) in [6.45, 7) is 5.01. The Balaban J connectivity index is 1.76. The van der Waals surface area contributed by atoms with E-state index in [0.29, 0.717) is 38.1 Å². The van der Waals surface area contributed by atoms with Crippen molar-refractivity contribution in [2.75, 3.05) is 27.7 Å². The second-order valence-corrected chi connectivity index (χ2v) is 11.9. The first-order chi connectivity index (χ1) is 19.1. The zero-order chi connectivity index (χ0) is 29.1. The number of rotatable bonds is 15. The van der Waals surface area contributed by atoms with Crippen LogP contribution < -0.4 is 10.6 Å². The van der Waals surface area contributed by atoms with E-state index in [1.54, 1.807) is 24.5 Å². The molecule has 214 valence electrons. The molecule has 7 nitrogen and oxygen atoms in total. The Morgan fingerprint density at radius 2 is 1.80 bits per heavy atom. The number of hydrogen-bond donors (Lipinski definition) is 2. The van der Waals surface area contributed by atoms with Crippen molar-refractivity contribution in [3.8, 4) is 0 Å². The van der Waals surface area contributed by atoms with E-state index in [0.717, 1.165) is 20.8 Å². The summed E-state index contributed by atoms with van der Waals surface area (Å²) < 4.78 is 1.09. The van der Waals surface area contributed by atoms with Gasteiger partial charge in [0, 0.05) is 38.9 Å². The fourth-order valence-corrected chi connectivity index (χ4v) is 5.56. The van der Waals surface area contributed by atoms with Gasteiger partial charge in [0.05, 0.1) is 21.1 Å². The van der Waals surface area contributed by atoms with Crippen molar-refractivity contribution in [3.63, 3.8) is 0 Å². The molecule has 1 heterocycles. The maximum atomic E-state index is 13.6. The van der Waals surface area contributed by atoms with Crippen LogP contribution in [0.2, 0.25) is 0 Å². The maximum absolute atomic E-state index is 13.6. The molecule has 2 N–H and O–H groups in total. The summed E-state index contributed by atoms with van der Waals surface area (Å²) in [5.74, 6) is -0.504. The molecule has 2 aromatic carbocycles. The molecule has 2 amide bonds. The first-order valence-corrected chi connectivity index (χ1v) is 14.7. The standard InChI is InChI=1S/C32H42N4O3S/c1-22(2)24-13-16-28-29(19-24)40-31(35-28)21-25(20-30(38)33-3)32(39)34-26(18-23-10-7-6-8-11-23)14-15-27(37)12-9-17-36(4)5/h6-13,16,19,22,25-26H,14-15,17-18,20-21H2,1-5H3,(H,33,38)(H,34,39)/b12-9+/t25-,26+/m0/s1. The summed E-state index contributed by atoms with van der Waals surface area (Å²) in [5, 5.41) is 6.66. The number of likely N-dealkylation sites (N-methyl/N-ethyl adjacent to an activating group) is 1. The maximum Gasteiger partial charge on any atom is 0.224 e. The highest BCUT2D eigenvalue weighted by molar-refractivity contribution is 7.18. The van der Waals surface area contributed by atoms with Gasteiger partial charge in [0.1, 0.15) is 0 Å². The molecule has 0 fully saturated rings. The van der Waals surface area contributed by atoms with E-state index in [4.69, 9.17) is 4.98 Å². The summed E-state index contributed by atoms with van der Waals surface area (Å²) >= 11 is 1.58. The van der Waals surface area contributed by atoms with E-state index in [2.05, 4.69) is 36.6 Å². The van der Waals surface area contributed by atoms with E-state index >= 15 is 0 Å². The van der Waals surface area contributed by atoms with Crippen LogP contribution >= 0.6 is 11.3 Å². The number of fused-ring (bicyclic) bond motifs is 1. The number of allylic oxidation sites excluding steroid dienone is 1. The van der Waals surface area contributed by atoms with E-state index < -0.39 is 5.92 Å². The van der Waals surface area contributed by atoms with Gasteiger partial charge in [0.2, 0.25) is 11.8 Å². The van der Waals surface area contributed by atoms with Crippen LogP contribution in [-0.2, 0) is 27.2 Å². The highest BCUT2D eigenvalue weighted by Crippen LogP contribution is 2.28. The van der Waals surface area contributed by atoms with Crippen LogP contribution in [0.3, 0.4) is 0 Å². The van der Waals surface area contributed by atoms with Crippen molar-refractivity contribution < 1.29 is 14.4 Å². The molecular formula is C32H42N4O3S. The highest BCUT2D eigenvalue weighted by Gasteiger charge is 2.26. The van der Waals surface area contributed by atoms with Gasteiger partial charge in [0.25, 0.3) is 0 Å². The molecule has 0 radical (unpaired) electrons. The van der Waals surface area contributed by atoms with Crippen molar-refractivity contribution in [2.45, 2.75) is 57.9 Å². The normalized spacial score (nSPS) is 13.2. The molecule has 3 aromatic rings. The summed E-state index contributed by atoms with van der Waals surface area (Å²) in [5.41, 5.74) is 3.24. The molecule has 0 unspecified atom stereocenters. The largest absolute Gasteiger partial charge is 0.359 e. The quantitative estimate of drug-likeness (QED) is 0.257. The Kier molecular flexibility index (Phi) is 12.0. The summed E-state index contributed by atoms with van der Waals surface area (Å²) in [7, 11) is 5.48. The fourth-order valence-electron chi connectivity index (χ4n) is 4.47. The fraction of sp³-hybridized carbons (Fsp3) is 0.438. The average Bonchev–Trinajstić information content (AvgIpc) is 3.33. The first-order valence-electron chi connectivity index (χ1n) is 13.9. The predicted molar refractivity (Wildman–Crippen MR) is 164 cm³/mol. The van der Waals surface area contributed by atoms with Crippen LogP contribution in [0.4, 0.5) is 0 Å². The zero-order valence-electron chi connectivity index (χ0n) is 24.3. The first kappa shape index (κ1) is 31.2. The van der Waals surface area contributed by atoms with Crippen LogP contribution in [0.5, 0.6) is 0 Å². The molecule has 40 heavy (non-hydrogen) atoms. The van der Waals surface area contributed by atoms with Gasteiger partial charge in [-0.2, -0.15) is 0 Å². The van der Waals surface area contributed by atoms with Gasteiger partial charge in [0.15, 0.2) is 5.78 Å². The van der Waals surface area contributed by atoms with Crippen molar-refractivity contribution in [1.82, 2.24) is 20.5 Å². The Morgan fingerprint density at radius 3 is 2.48 bits per heavy atom. The average molecular weight is 563 g/mol. The third-order valence-electron chi connectivity index (χ3n) is 6.81. The lowest BCUT2D eigenvalue weighted by molar-refractivity contribution is -0.130. The monoisotopic (exact) mass is 562 g/mol. The molecule has 8 heteroatoms. The number of nitrogens with zero attached hydrogens (tertiary/aromatic N) is 2. The predicted octanol–water partition coefficient (Wildman–Crippen LogP) is 4.91. The molecule has 0 saturated carbocycles. The SMILES string of the molecule is CNC(=O)C[C@@H](Cc1nc2ccc(C(C)C)cc2s1)C(=O)N[C@H](CCC(=O)/C=C/CN(C)C)Cc1ccccc1. The van der Waals surface area contributed by atoms with Crippen LogP contribution in [0, 0.1) is 5.92 Å². The summed E-state index contributed by atoms with van der Waals surface area (Å²) in [6.07, 6.45) is 5.37. The minimum Gasteiger partial charge on any atom is -0.359 e. The van der Waals surface area contributed by atoms with E-state index in [1.165, 1.54) is 5.56 Å². The molecule has 3 rings (SSSR count). The van der Waals surface area contributed by atoms with Crippen molar-refractivity contribution >= 4 is 39.2 Å². The van der Waals surface area contributed by atoms with Gasteiger partial charge < -0.3 is 15.5 Å². The number of aromatic nitrogens is 1. The Labute approximate surface area is 242 Å². The van der Waals surface area contributed by atoms with Gasteiger partial charge in [-0.15, -0.1) is 11.3 Å². The topological polar surface area (TPSA) is 91.4 Å². The Bertz CT molecular complexity index is 1300. The van der Waals surface area contributed by atoms with Gasteiger partial charge in [-0.1, -0.05) is 56.3 Å². The molecule has 0 saturated heterocycles. The van der Waals surface area contributed by atoms with Crippen LogP contribution in [0.15, 0.2) is 60.7 Å². The van der Waals surface area contributed by atoms with E-state index in [9.17, 15) is 14.4 Å². The molecule has 0 aliphatic rings. The van der Waals surface area contributed by atoms with Crippen LogP contribution in [0.25, 0.3) is 10.2 Å². The van der Waals surface area contributed by atoms with E-state index in [-0.39, 0.29) is 30.1 Å². The molecule has 0 spiro atoms. The number of hydrogen-bond acceptors (Lipinski definition) is 6. The molecule has 1 aromatic heterocycles. The van der Waals surface area contributed by atoms with Crippen molar-refractivity contribution in [3.05, 3.63) is 76.8 Å². The van der Waals surface area contributed by atoms with Gasteiger partial charge in [-0.3, -0.25) is 14.4 Å². The lowest BCUT2D eigenvalue weighted by Gasteiger charge is -2.22. The smallest absolute Gasteiger partial charge is 0.224 e. The number of thiazole rings is 1. The third-order valence-corrected chi connectivity index (χ3v) is 7.85. The number of benzene rings is 2. The minimum atomic E-state index is -0.570. The number of amides is 2. The zero-order valence-corrected chi connectivity index (χ0v) is 25.1. The highest BCUT2D eigenvalue weighted by atomic mass is 32.1. The molecule has 2 atom stereocenters. The number of ketones is 1. The Hall–Kier alpha value is -3.36. The Morgan fingerprint density at radius 1 is 1.05 bits per heavy atom. The van der Waals surface area contributed by atoms with Gasteiger partial charge in [-0.25, -0.2) is 4.98 Å². The lowest BCUT2D eigenvalue weighted by Crippen LogP contribution is -2.42. The van der Waals surface area contributed by atoms with Crippen molar-refractivity contribution in [1.29, 1.82) is 0 Å². The second kappa shape index (κ2) is 15.4. The van der Waals surface area contributed by atoms with Crippen LogP contribution in [-0.4, -0.2) is 61.2 Å². The second-order valence-electron chi connectivity index (χ2n) is 10.8. The number of carbonyl (C=O) groups is 3. The number of carbonyl (C=O) groups excluding carboxylic acids is 3. The summed E-state index contributed by atoms with van der Waals surface area (Å²) in [4.78, 5) is 45.3. The third kappa shape index (κ3) is 9.99.